The van der Waals surface area contributed by atoms with Crippen LogP contribution in [-0.4, -0.2) is 76.6 Å². The Morgan fingerprint density at radius 2 is 1.73 bits per heavy atom. The summed E-state index contributed by atoms with van der Waals surface area (Å²) in [5.74, 6) is 0.604. The fraction of sp³-hybridized carbons (Fsp3) is 0.344. The van der Waals surface area contributed by atoms with E-state index in [1.807, 2.05) is 53.0 Å². The van der Waals surface area contributed by atoms with Gasteiger partial charge in [0.05, 0.1) is 5.69 Å². The number of carbonyl (C=O) groups is 1. The minimum absolute atomic E-state index is 0.0685. The van der Waals surface area contributed by atoms with Crippen LogP contribution in [0.15, 0.2) is 79.0 Å². The lowest BCUT2D eigenvalue weighted by Gasteiger charge is -2.35. The predicted octanol–water partition coefficient (Wildman–Crippen LogP) is 5.32. The third kappa shape index (κ3) is 5.58. The van der Waals surface area contributed by atoms with Crippen LogP contribution in [0.25, 0.3) is 11.2 Å². The number of nitrogens with zero attached hydrogens (tertiary/aromatic N) is 6. The van der Waals surface area contributed by atoms with Crippen LogP contribution in [0.2, 0.25) is 0 Å². The second-order valence-corrected chi connectivity index (χ2v) is 10.9. The largest absolute Gasteiger partial charge is 0.368 e. The Labute approximate surface area is 235 Å². The molecule has 2 aromatic heterocycles. The molecule has 8 nitrogen and oxygen atoms in total. The molecule has 8 heteroatoms. The maximum absolute atomic E-state index is 13.1. The Morgan fingerprint density at radius 3 is 2.50 bits per heavy atom. The maximum Gasteiger partial charge on any atom is 0.253 e. The number of hydrogen-bond acceptors (Lipinski definition) is 6. The van der Waals surface area contributed by atoms with Crippen LogP contribution in [0.4, 0.5) is 17.3 Å². The molecule has 4 aromatic rings. The number of carbonyl (C=O) groups excluding carboxylic acids is 1. The summed E-state index contributed by atoms with van der Waals surface area (Å²) in [5, 5.41) is 8.00. The zero-order valence-electron chi connectivity index (χ0n) is 23.3. The van der Waals surface area contributed by atoms with Crippen molar-refractivity contribution in [1.82, 2.24) is 24.4 Å². The number of piperidine rings is 1. The van der Waals surface area contributed by atoms with E-state index in [9.17, 15) is 4.79 Å². The molecule has 0 unspecified atom stereocenters. The van der Waals surface area contributed by atoms with E-state index in [0.29, 0.717) is 17.6 Å². The molecule has 0 aliphatic carbocycles. The summed E-state index contributed by atoms with van der Waals surface area (Å²) >= 11 is 0. The number of pyridine rings is 1. The summed E-state index contributed by atoms with van der Waals surface area (Å²) in [6, 6.07) is 22.7. The van der Waals surface area contributed by atoms with E-state index in [1.165, 1.54) is 11.1 Å². The molecule has 1 fully saturated rings. The van der Waals surface area contributed by atoms with Crippen LogP contribution in [0, 0.1) is 0 Å². The van der Waals surface area contributed by atoms with Gasteiger partial charge in [0.25, 0.3) is 5.91 Å². The third-order valence-corrected chi connectivity index (χ3v) is 8.21. The average Bonchev–Trinajstić information content (AvgIpc) is 3.24. The monoisotopic (exact) mass is 535 g/mol. The zero-order valence-corrected chi connectivity index (χ0v) is 23.3. The van der Waals surface area contributed by atoms with Crippen molar-refractivity contribution in [3.05, 3.63) is 90.1 Å². The SMILES string of the molecule is CN1CCC(N(C)C(=O)c2ccc(Nc3nc4c(N5CCC=C(c6ccccc6)CC5)cccn4n3)cc2)CC1. The van der Waals surface area contributed by atoms with Crippen LogP contribution in [0.1, 0.15) is 41.6 Å². The highest BCUT2D eigenvalue weighted by atomic mass is 16.2. The van der Waals surface area contributed by atoms with Gasteiger partial charge in [-0.15, -0.1) is 5.10 Å². The summed E-state index contributed by atoms with van der Waals surface area (Å²) in [6.45, 7) is 3.93. The number of fused-ring (bicyclic) bond motifs is 1. The van der Waals surface area contributed by atoms with Crippen molar-refractivity contribution in [2.24, 2.45) is 0 Å². The van der Waals surface area contributed by atoms with Crippen LogP contribution in [-0.2, 0) is 0 Å². The fourth-order valence-corrected chi connectivity index (χ4v) is 5.79. The van der Waals surface area contributed by atoms with Gasteiger partial charge in [-0.25, -0.2) is 4.52 Å². The maximum atomic E-state index is 13.1. The van der Waals surface area contributed by atoms with Crippen molar-refractivity contribution in [1.29, 1.82) is 0 Å². The van der Waals surface area contributed by atoms with Crippen molar-refractivity contribution in [3.8, 4) is 0 Å². The standard InChI is InChI=1S/C32H37N7O/c1-36-21-17-28(18-22-36)37(2)31(40)26-12-14-27(15-13-26)33-32-34-30-29(11-7-20-39(30)35-32)38-19-6-10-25(16-23-38)24-8-4-3-5-9-24/h3-5,7-15,20,28H,6,16-19,21-23H2,1-2H3,(H,33,35). The van der Waals surface area contributed by atoms with Crippen molar-refractivity contribution in [2.75, 3.05) is 50.5 Å². The molecule has 2 aliphatic heterocycles. The number of anilines is 3. The van der Waals surface area contributed by atoms with E-state index in [-0.39, 0.29) is 5.91 Å². The van der Waals surface area contributed by atoms with Gasteiger partial charge < -0.3 is 20.0 Å². The molecule has 0 bridgehead atoms. The Balaban J connectivity index is 1.13. The first-order chi connectivity index (χ1) is 19.5. The lowest BCUT2D eigenvalue weighted by atomic mass is 10.0. The number of rotatable bonds is 6. The van der Waals surface area contributed by atoms with E-state index < -0.39 is 0 Å². The Morgan fingerprint density at radius 1 is 0.950 bits per heavy atom. The van der Waals surface area contributed by atoms with Crippen LogP contribution >= 0.6 is 0 Å². The van der Waals surface area contributed by atoms with E-state index >= 15 is 0 Å². The second-order valence-electron chi connectivity index (χ2n) is 10.9. The molecular formula is C32H37N7O. The van der Waals surface area contributed by atoms with Gasteiger partial charge in [0, 0.05) is 43.6 Å². The number of nitrogens with one attached hydrogen (secondary N) is 1. The summed E-state index contributed by atoms with van der Waals surface area (Å²) in [7, 11) is 4.06. The number of amides is 1. The van der Waals surface area contributed by atoms with Gasteiger partial charge in [0.2, 0.25) is 5.95 Å². The van der Waals surface area contributed by atoms with E-state index in [4.69, 9.17) is 4.98 Å². The quantitative estimate of drug-likeness (QED) is 0.360. The normalized spacial score (nSPS) is 16.9. The molecule has 1 saturated heterocycles. The zero-order chi connectivity index (χ0) is 27.5. The molecule has 0 radical (unpaired) electrons. The molecule has 0 spiro atoms. The van der Waals surface area contributed by atoms with Gasteiger partial charge in [-0.05, 0) is 93.4 Å². The van der Waals surface area contributed by atoms with Gasteiger partial charge >= 0.3 is 0 Å². The number of hydrogen-bond donors (Lipinski definition) is 1. The molecule has 0 atom stereocenters. The molecular weight excluding hydrogens is 498 g/mol. The molecule has 0 saturated carbocycles. The first-order valence-corrected chi connectivity index (χ1v) is 14.2. The Hall–Kier alpha value is -4.17. The Kier molecular flexibility index (Phi) is 7.51. The summed E-state index contributed by atoms with van der Waals surface area (Å²) in [4.78, 5) is 24.6. The van der Waals surface area contributed by atoms with Crippen LogP contribution in [0.5, 0.6) is 0 Å². The number of likely N-dealkylation sites (tertiary alicyclic amines) is 1. The van der Waals surface area contributed by atoms with Gasteiger partial charge in [0.15, 0.2) is 5.65 Å². The first-order valence-electron chi connectivity index (χ1n) is 14.2. The number of benzene rings is 2. The highest BCUT2D eigenvalue weighted by Crippen LogP contribution is 2.28. The van der Waals surface area contributed by atoms with Gasteiger partial charge in [-0.1, -0.05) is 36.4 Å². The number of aromatic nitrogens is 3. The summed E-state index contributed by atoms with van der Waals surface area (Å²) in [6.07, 6.45) is 8.31. The highest BCUT2D eigenvalue weighted by Gasteiger charge is 2.25. The molecule has 6 rings (SSSR count). The van der Waals surface area contributed by atoms with Crippen LogP contribution < -0.4 is 10.2 Å². The van der Waals surface area contributed by atoms with Crippen molar-refractivity contribution < 1.29 is 4.79 Å². The van der Waals surface area contributed by atoms with E-state index in [0.717, 1.165) is 68.9 Å². The van der Waals surface area contributed by atoms with Crippen molar-refractivity contribution in [2.45, 2.75) is 31.7 Å². The minimum Gasteiger partial charge on any atom is -0.368 e. The molecule has 40 heavy (non-hydrogen) atoms. The molecule has 206 valence electrons. The van der Waals surface area contributed by atoms with E-state index in [2.05, 4.69) is 69.7 Å². The highest BCUT2D eigenvalue weighted by molar-refractivity contribution is 5.94. The predicted molar refractivity (Wildman–Crippen MR) is 161 cm³/mol. The molecule has 2 aromatic carbocycles. The summed E-state index contributed by atoms with van der Waals surface area (Å²) in [5.41, 5.74) is 6.17. The van der Waals surface area contributed by atoms with Gasteiger partial charge in [-0.2, -0.15) is 4.98 Å². The lowest BCUT2D eigenvalue weighted by molar-refractivity contribution is 0.0659. The lowest BCUT2D eigenvalue weighted by Crippen LogP contribution is -2.44. The molecule has 1 amide bonds. The minimum atomic E-state index is 0.0685. The van der Waals surface area contributed by atoms with Gasteiger partial charge in [-0.3, -0.25) is 4.79 Å². The van der Waals surface area contributed by atoms with Crippen LogP contribution in [0.3, 0.4) is 0 Å². The summed E-state index contributed by atoms with van der Waals surface area (Å²) < 4.78 is 1.84. The average molecular weight is 536 g/mol. The molecule has 2 aliphatic rings. The topological polar surface area (TPSA) is 69.0 Å². The Bertz CT molecular complexity index is 1490. The van der Waals surface area contributed by atoms with Gasteiger partial charge in [0.1, 0.15) is 0 Å². The molecule has 1 N–H and O–H groups in total. The smallest absolute Gasteiger partial charge is 0.253 e. The fourth-order valence-electron chi connectivity index (χ4n) is 5.79. The third-order valence-electron chi connectivity index (χ3n) is 8.21. The van der Waals surface area contributed by atoms with Crippen molar-refractivity contribution >= 4 is 34.5 Å². The first kappa shape index (κ1) is 26.1. The van der Waals surface area contributed by atoms with E-state index in [1.54, 1.807) is 0 Å². The second kappa shape index (κ2) is 11.5. The van der Waals surface area contributed by atoms with Crippen molar-refractivity contribution in [3.63, 3.8) is 0 Å². The molecule has 4 heterocycles.